The molecule has 2 aliphatic rings. The van der Waals surface area contributed by atoms with Gasteiger partial charge in [-0.3, -0.25) is 0 Å². The highest BCUT2D eigenvalue weighted by atomic mass is 16.3. The van der Waals surface area contributed by atoms with E-state index in [2.05, 4.69) is 26.1 Å². The lowest BCUT2D eigenvalue weighted by molar-refractivity contribution is 0.101. The molecule has 0 amide bonds. The SMILES string of the molecule is CC(C)(C)C1CCCCC1NCC(O)C1CC1. The van der Waals surface area contributed by atoms with Crippen molar-refractivity contribution in [3.05, 3.63) is 0 Å². The highest BCUT2D eigenvalue weighted by Crippen LogP contribution is 2.38. The molecule has 0 aromatic carbocycles. The minimum absolute atomic E-state index is 0.0995. The summed E-state index contributed by atoms with van der Waals surface area (Å²) >= 11 is 0. The molecular weight excluding hydrogens is 210 g/mol. The number of hydrogen-bond acceptors (Lipinski definition) is 2. The van der Waals surface area contributed by atoms with E-state index in [0.717, 1.165) is 12.5 Å². The molecule has 2 N–H and O–H groups in total. The van der Waals surface area contributed by atoms with Crippen LogP contribution < -0.4 is 5.32 Å². The van der Waals surface area contributed by atoms with Crippen LogP contribution in [-0.2, 0) is 0 Å². The van der Waals surface area contributed by atoms with Gasteiger partial charge in [-0.2, -0.15) is 0 Å². The lowest BCUT2D eigenvalue weighted by Gasteiger charge is -2.41. The topological polar surface area (TPSA) is 32.3 Å². The molecule has 0 saturated heterocycles. The van der Waals surface area contributed by atoms with E-state index < -0.39 is 0 Å². The predicted octanol–water partition coefficient (Wildman–Crippen LogP) is 2.95. The highest BCUT2D eigenvalue weighted by Gasteiger charge is 2.35. The van der Waals surface area contributed by atoms with Gasteiger partial charge in [-0.25, -0.2) is 0 Å². The average Bonchev–Trinajstić information content (AvgIpc) is 3.08. The summed E-state index contributed by atoms with van der Waals surface area (Å²) in [7, 11) is 0. The summed E-state index contributed by atoms with van der Waals surface area (Å²) < 4.78 is 0. The van der Waals surface area contributed by atoms with Crippen LogP contribution in [0.15, 0.2) is 0 Å². The van der Waals surface area contributed by atoms with Gasteiger partial charge in [0, 0.05) is 12.6 Å². The maximum Gasteiger partial charge on any atom is 0.0692 e. The molecule has 100 valence electrons. The molecular formula is C15H29NO. The van der Waals surface area contributed by atoms with Crippen molar-refractivity contribution in [2.45, 2.75) is 71.4 Å². The van der Waals surface area contributed by atoms with Crippen LogP contribution in [0.25, 0.3) is 0 Å². The minimum atomic E-state index is -0.0995. The Hall–Kier alpha value is -0.0800. The first-order chi connectivity index (χ1) is 7.98. The zero-order chi connectivity index (χ0) is 12.5. The fourth-order valence-electron chi connectivity index (χ4n) is 3.33. The average molecular weight is 239 g/mol. The van der Waals surface area contributed by atoms with Crippen molar-refractivity contribution in [3.63, 3.8) is 0 Å². The van der Waals surface area contributed by atoms with E-state index >= 15 is 0 Å². The number of hydrogen-bond donors (Lipinski definition) is 2. The van der Waals surface area contributed by atoms with Crippen molar-refractivity contribution in [3.8, 4) is 0 Å². The molecule has 0 bridgehead atoms. The lowest BCUT2D eigenvalue weighted by Crippen LogP contribution is -2.46. The van der Waals surface area contributed by atoms with E-state index in [9.17, 15) is 5.11 Å². The Labute approximate surface area is 106 Å². The first kappa shape index (κ1) is 13.4. The van der Waals surface area contributed by atoms with E-state index in [1.54, 1.807) is 0 Å². The first-order valence-electron chi connectivity index (χ1n) is 7.40. The van der Waals surface area contributed by atoms with Crippen LogP contribution in [0.1, 0.15) is 59.3 Å². The van der Waals surface area contributed by atoms with Crippen molar-refractivity contribution >= 4 is 0 Å². The third-order valence-electron chi connectivity index (χ3n) is 4.63. The van der Waals surface area contributed by atoms with Gasteiger partial charge >= 0.3 is 0 Å². The second kappa shape index (κ2) is 5.27. The fourth-order valence-corrected chi connectivity index (χ4v) is 3.33. The fraction of sp³-hybridized carbons (Fsp3) is 1.00. The number of rotatable bonds is 4. The molecule has 2 saturated carbocycles. The molecule has 0 aromatic rings. The molecule has 0 spiro atoms. The van der Waals surface area contributed by atoms with Gasteiger partial charge in [-0.05, 0) is 42.9 Å². The summed E-state index contributed by atoms with van der Waals surface area (Å²) in [6, 6.07) is 0.622. The van der Waals surface area contributed by atoms with Crippen molar-refractivity contribution in [2.75, 3.05) is 6.54 Å². The molecule has 2 fully saturated rings. The Morgan fingerprint density at radius 1 is 1.12 bits per heavy atom. The molecule has 17 heavy (non-hydrogen) atoms. The molecule has 0 heterocycles. The maximum absolute atomic E-state index is 9.95. The van der Waals surface area contributed by atoms with Crippen LogP contribution in [0.2, 0.25) is 0 Å². The predicted molar refractivity (Wildman–Crippen MR) is 71.9 cm³/mol. The minimum Gasteiger partial charge on any atom is -0.392 e. The normalized spacial score (nSPS) is 32.5. The molecule has 3 unspecified atom stereocenters. The molecule has 2 rings (SSSR count). The third-order valence-corrected chi connectivity index (χ3v) is 4.63. The Kier molecular flexibility index (Phi) is 4.14. The zero-order valence-corrected chi connectivity index (χ0v) is 11.7. The molecule has 2 aliphatic carbocycles. The summed E-state index contributed by atoms with van der Waals surface area (Å²) in [5, 5.41) is 13.6. The largest absolute Gasteiger partial charge is 0.392 e. The Morgan fingerprint density at radius 2 is 1.76 bits per heavy atom. The van der Waals surface area contributed by atoms with Crippen LogP contribution in [-0.4, -0.2) is 23.8 Å². The van der Waals surface area contributed by atoms with E-state index in [1.807, 2.05) is 0 Å². The Bertz CT molecular complexity index is 242. The Balaban J connectivity index is 1.83. The molecule has 0 aliphatic heterocycles. The summed E-state index contributed by atoms with van der Waals surface area (Å²) in [6.07, 6.45) is 7.74. The summed E-state index contributed by atoms with van der Waals surface area (Å²) in [4.78, 5) is 0. The van der Waals surface area contributed by atoms with E-state index in [1.165, 1.54) is 38.5 Å². The zero-order valence-electron chi connectivity index (χ0n) is 11.7. The quantitative estimate of drug-likeness (QED) is 0.790. The second-order valence-corrected chi connectivity index (χ2v) is 7.18. The molecule has 2 heteroatoms. The smallest absolute Gasteiger partial charge is 0.0692 e. The first-order valence-corrected chi connectivity index (χ1v) is 7.40. The highest BCUT2D eigenvalue weighted by molar-refractivity contribution is 4.90. The van der Waals surface area contributed by atoms with Gasteiger partial charge in [0.15, 0.2) is 0 Å². The molecule has 0 radical (unpaired) electrons. The lowest BCUT2D eigenvalue weighted by atomic mass is 9.69. The van der Waals surface area contributed by atoms with Crippen molar-refractivity contribution < 1.29 is 5.11 Å². The van der Waals surface area contributed by atoms with Crippen molar-refractivity contribution in [1.29, 1.82) is 0 Å². The van der Waals surface area contributed by atoms with E-state index in [-0.39, 0.29) is 6.10 Å². The van der Waals surface area contributed by atoms with Crippen molar-refractivity contribution in [1.82, 2.24) is 5.32 Å². The van der Waals surface area contributed by atoms with Crippen LogP contribution in [0, 0.1) is 17.3 Å². The summed E-state index contributed by atoms with van der Waals surface area (Å²) in [5.74, 6) is 1.36. The number of nitrogens with one attached hydrogen (secondary N) is 1. The van der Waals surface area contributed by atoms with Crippen LogP contribution in [0.5, 0.6) is 0 Å². The maximum atomic E-state index is 9.95. The van der Waals surface area contributed by atoms with Gasteiger partial charge in [0.2, 0.25) is 0 Å². The monoisotopic (exact) mass is 239 g/mol. The number of aliphatic hydroxyl groups excluding tert-OH is 1. The van der Waals surface area contributed by atoms with Gasteiger partial charge in [-0.1, -0.05) is 33.6 Å². The van der Waals surface area contributed by atoms with Crippen molar-refractivity contribution in [2.24, 2.45) is 17.3 Å². The third kappa shape index (κ3) is 3.69. The Morgan fingerprint density at radius 3 is 2.35 bits per heavy atom. The van der Waals surface area contributed by atoms with Crippen LogP contribution >= 0.6 is 0 Å². The van der Waals surface area contributed by atoms with Crippen LogP contribution in [0.4, 0.5) is 0 Å². The standard InChI is InChI=1S/C15H29NO/c1-15(2,3)12-6-4-5-7-13(12)16-10-14(17)11-8-9-11/h11-14,16-17H,4-10H2,1-3H3. The molecule has 2 nitrogen and oxygen atoms in total. The van der Waals surface area contributed by atoms with Gasteiger partial charge in [0.25, 0.3) is 0 Å². The van der Waals surface area contributed by atoms with Crippen LogP contribution in [0.3, 0.4) is 0 Å². The number of aliphatic hydroxyl groups is 1. The van der Waals surface area contributed by atoms with Gasteiger partial charge in [-0.15, -0.1) is 0 Å². The molecule has 3 atom stereocenters. The van der Waals surface area contributed by atoms with Gasteiger partial charge in [0.1, 0.15) is 0 Å². The van der Waals surface area contributed by atoms with E-state index in [0.29, 0.717) is 17.4 Å². The summed E-state index contributed by atoms with van der Waals surface area (Å²) in [6.45, 7) is 7.88. The van der Waals surface area contributed by atoms with E-state index in [4.69, 9.17) is 0 Å². The second-order valence-electron chi connectivity index (χ2n) is 7.18. The van der Waals surface area contributed by atoms with Gasteiger partial charge < -0.3 is 10.4 Å². The molecule has 0 aromatic heterocycles. The summed E-state index contributed by atoms with van der Waals surface area (Å²) in [5.41, 5.74) is 0.391. The van der Waals surface area contributed by atoms with Gasteiger partial charge in [0.05, 0.1) is 6.10 Å².